The fraction of sp³-hybridized carbons (Fsp3) is 0.800. The number of hydrogen-bond acceptors (Lipinski definition) is 2. The van der Waals surface area contributed by atoms with Gasteiger partial charge in [0.25, 0.3) is 0 Å². The lowest BCUT2D eigenvalue weighted by Gasteiger charge is -2.00. The van der Waals surface area contributed by atoms with Gasteiger partial charge in [0.1, 0.15) is 0 Å². The molecular formula is C15H27O2-. The molecule has 0 aliphatic carbocycles. The molecular weight excluding hydrogens is 212 g/mol. The second kappa shape index (κ2) is 13.3. The van der Waals surface area contributed by atoms with E-state index in [-0.39, 0.29) is 6.42 Å². The molecule has 0 radical (unpaired) electrons. The zero-order valence-electron chi connectivity index (χ0n) is 11.2. The Bertz CT molecular complexity index is 197. The molecule has 0 aromatic heterocycles. The van der Waals surface area contributed by atoms with E-state index >= 15 is 0 Å². The molecule has 0 bridgehead atoms. The summed E-state index contributed by atoms with van der Waals surface area (Å²) in [5, 5.41) is 10.1. The lowest BCUT2D eigenvalue weighted by atomic mass is 10.1. The van der Waals surface area contributed by atoms with E-state index < -0.39 is 5.97 Å². The summed E-state index contributed by atoms with van der Waals surface area (Å²) < 4.78 is 0. The number of carbonyl (C=O) groups is 1. The van der Waals surface area contributed by atoms with Crippen LogP contribution in [-0.4, -0.2) is 5.97 Å². The number of rotatable bonds is 12. The first-order valence-corrected chi connectivity index (χ1v) is 7.12. The molecule has 0 fully saturated rings. The molecule has 100 valence electrons. The van der Waals surface area contributed by atoms with Crippen molar-refractivity contribution in [2.24, 2.45) is 0 Å². The quantitative estimate of drug-likeness (QED) is 0.385. The Morgan fingerprint density at radius 1 is 0.882 bits per heavy atom. The van der Waals surface area contributed by atoms with Crippen LogP contribution in [0.4, 0.5) is 0 Å². The van der Waals surface area contributed by atoms with E-state index in [0.717, 1.165) is 6.42 Å². The zero-order valence-corrected chi connectivity index (χ0v) is 11.2. The monoisotopic (exact) mass is 239 g/mol. The van der Waals surface area contributed by atoms with E-state index in [4.69, 9.17) is 0 Å². The maximum atomic E-state index is 10.1. The summed E-state index contributed by atoms with van der Waals surface area (Å²) in [4.78, 5) is 10.1. The van der Waals surface area contributed by atoms with Crippen molar-refractivity contribution in [2.75, 3.05) is 0 Å². The molecule has 0 unspecified atom stereocenters. The summed E-state index contributed by atoms with van der Waals surface area (Å²) in [6, 6.07) is 0. The average Bonchev–Trinajstić information content (AvgIpc) is 2.30. The summed E-state index contributed by atoms with van der Waals surface area (Å²) >= 11 is 0. The van der Waals surface area contributed by atoms with Gasteiger partial charge < -0.3 is 9.90 Å². The van der Waals surface area contributed by atoms with Crippen LogP contribution >= 0.6 is 0 Å². The Morgan fingerprint density at radius 2 is 1.41 bits per heavy atom. The van der Waals surface area contributed by atoms with E-state index in [1.54, 1.807) is 0 Å². The van der Waals surface area contributed by atoms with Crippen molar-refractivity contribution >= 4 is 5.97 Å². The van der Waals surface area contributed by atoms with Gasteiger partial charge in [0.15, 0.2) is 0 Å². The summed E-state index contributed by atoms with van der Waals surface area (Å²) in [7, 11) is 0. The Kier molecular flexibility index (Phi) is 12.7. The number of carbonyl (C=O) groups excluding carboxylic acids is 1. The van der Waals surface area contributed by atoms with Crippen LogP contribution in [0, 0.1) is 0 Å². The highest BCUT2D eigenvalue weighted by Gasteiger charge is 1.90. The second-order valence-corrected chi connectivity index (χ2v) is 4.65. The average molecular weight is 239 g/mol. The van der Waals surface area contributed by atoms with Crippen LogP contribution in [0.1, 0.15) is 77.6 Å². The molecule has 0 atom stereocenters. The molecule has 0 aromatic carbocycles. The van der Waals surface area contributed by atoms with Gasteiger partial charge in [-0.2, -0.15) is 0 Å². The predicted octanol–water partition coefficient (Wildman–Crippen LogP) is 3.60. The first kappa shape index (κ1) is 16.2. The van der Waals surface area contributed by atoms with Crippen molar-refractivity contribution in [2.45, 2.75) is 77.6 Å². The smallest absolute Gasteiger partial charge is 0.0417 e. The molecule has 0 heterocycles. The molecule has 17 heavy (non-hydrogen) atoms. The SMILES string of the molecule is CCCCCCCCCC/C=C/CCC(=O)[O-]. The predicted molar refractivity (Wildman–Crippen MR) is 70.6 cm³/mol. The lowest BCUT2D eigenvalue weighted by molar-refractivity contribution is -0.305. The lowest BCUT2D eigenvalue weighted by Crippen LogP contribution is -2.21. The van der Waals surface area contributed by atoms with Crippen LogP contribution in [-0.2, 0) is 4.79 Å². The third kappa shape index (κ3) is 15.2. The molecule has 2 heteroatoms. The molecule has 0 spiro atoms. The third-order valence-electron chi connectivity index (χ3n) is 2.91. The highest BCUT2D eigenvalue weighted by atomic mass is 16.4. The number of allylic oxidation sites excluding steroid dienone is 2. The van der Waals surface area contributed by atoms with Gasteiger partial charge in [0.2, 0.25) is 0 Å². The minimum Gasteiger partial charge on any atom is -0.550 e. The zero-order chi connectivity index (χ0) is 12.8. The van der Waals surface area contributed by atoms with Crippen LogP contribution in [0.3, 0.4) is 0 Å². The highest BCUT2D eigenvalue weighted by molar-refractivity contribution is 5.64. The van der Waals surface area contributed by atoms with Crippen LogP contribution in [0.5, 0.6) is 0 Å². The minimum atomic E-state index is -0.957. The van der Waals surface area contributed by atoms with Crippen LogP contribution < -0.4 is 5.11 Å². The Labute approximate surface area is 106 Å². The number of hydrogen-bond donors (Lipinski definition) is 0. The van der Waals surface area contributed by atoms with Crippen LogP contribution in [0.25, 0.3) is 0 Å². The summed E-state index contributed by atoms with van der Waals surface area (Å²) in [5.41, 5.74) is 0. The van der Waals surface area contributed by atoms with Crippen molar-refractivity contribution in [1.29, 1.82) is 0 Å². The summed E-state index contributed by atoms with van der Waals surface area (Å²) in [6.45, 7) is 2.24. The molecule has 0 saturated carbocycles. The summed E-state index contributed by atoms with van der Waals surface area (Å²) in [6.07, 6.45) is 16.6. The second-order valence-electron chi connectivity index (χ2n) is 4.65. The van der Waals surface area contributed by atoms with Crippen molar-refractivity contribution in [3.8, 4) is 0 Å². The number of unbranched alkanes of at least 4 members (excludes halogenated alkanes) is 8. The minimum absolute atomic E-state index is 0.147. The maximum Gasteiger partial charge on any atom is 0.0417 e. The van der Waals surface area contributed by atoms with E-state index in [2.05, 4.69) is 13.0 Å². The number of carboxylic acids is 1. The van der Waals surface area contributed by atoms with Gasteiger partial charge in [0, 0.05) is 5.97 Å². The Morgan fingerprint density at radius 3 is 2.00 bits per heavy atom. The molecule has 0 saturated heterocycles. The maximum absolute atomic E-state index is 10.1. The van der Waals surface area contributed by atoms with E-state index in [0.29, 0.717) is 6.42 Å². The van der Waals surface area contributed by atoms with Crippen molar-refractivity contribution in [1.82, 2.24) is 0 Å². The normalized spacial score (nSPS) is 11.1. The van der Waals surface area contributed by atoms with E-state index in [9.17, 15) is 9.90 Å². The first-order valence-electron chi connectivity index (χ1n) is 7.12. The van der Waals surface area contributed by atoms with Gasteiger partial charge in [-0.25, -0.2) is 0 Å². The Hall–Kier alpha value is -0.790. The topological polar surface area (TPSA) is 40.1 Å². The number of carboxylic acid groups (broad SMARTS) is 1. The van der Waals surface area contributed by atoms with Crippen LogP contribution in [0.15, 0.2) is 12.2 Å². The Balaban J connectivity index is 3.05. The first-order chi connectivity index (χ1) is 8.27. The largest absolute Gasteiger partial charge is 0.550 e. The molecule has 2 nitrogen and oxygen atoms in total. The van der Waals surface area contributed by atoms with Gasteiger partial charge in [-0.05, 0) is 25.7 Å². The molecule has 0 N–H and O–H groups in total. The fourth-order valence-corrected chi connectivity index (χ4v) is 1.83. The number of aliphatic carboxylic acids is 1. The van der Waals surface area contributed by atoms with Gasteiger partial charge >= 0.3 is 0 Å². The molecule has 0 rings (SSSR count). The van der Waals surface area contributed by atoms with Crippen LogP contribution in [0.2, 0.25) is 0 Å². The van der Waals surface area contributed by atoms with E-state index in [1.165, 1.54) is 51.4 Å². The van der Waals surface area contributed by atoms with E-state index in [1.807, 2.05) is 6.08 Å². The molecule has 0 aliphatic rings. The third-order valence-corrected chi connectivity index (χ3v) is 2.91. The molecule has 0 amide bonds. The van der Waals surface area contributed by atoms with Gasteiger partial charge in [-0.1, -0.05) is 64.0 Å². The fourth-order valence-electron chi connectivity index (χ4n) is 1.83. The van der Waals surface area contributed by atoms with Crippen molar-refractivity contribution in [3.05, 3.63) is 12.2 Å². The van der Waals surface area contributed by atoms with Gasteiger partial charge in [0.05, 0.1) is 0 Å². The standard InChI is InChI=1S/C15H28O2/c1-2-3-4-5-6-7-8-9-10-11-12-13-14-15(16)17/h11-12H,2-10,13-14H2,1H3,(H,16,17)/p-1/b12-11+. The van der Waals surface area contributed by atoms with Gasteiger partial charge in [-0.3, -0.25) is 0 Å². The highest BCUT2D eigenvalue weighted by Crippen LogP contribution is 2.09. The molecule has 0 aliphatic heterocycles. The summed E-state index contributed by atoms with van der Waals surface area (Å²) in [5.74, 6) is -0.957. The van der Waals surface area contributed by atoms with Gasteiger partial charge in [-0.15, -0.1) is 0 Å². The molecule has 0 aromatic rings. The van der Waals surface area contributed by atoms with Crippen molar-refractivity contribution in [3.63, 3.8) is 0 Å². The van der Waals surface area contributed by atoms with Crippen molar-refractivity contribution < 1.29 is 9.90 Å².